The number of furan rings is 1. The maximum Gasteiger partial charge on any atom is 0.135 e. The molecule has 0 saturated carbocycles. The molecule has 0 aliphatic heterocycles. The van der Waals surface area contributed by atoms with Gasteiger partial charge in [-0.05, 0) is 124 Å². The number of benzene rings is 10. The normalized spacial score (nSPS) is 12.0. The van der Waals surface area contributed by atoms with Crippen LogP contribution < -0.4 is 0 Å². The van der Waals surface area contributed by atoms with Gasteiger partial charge in [-0.25, -0.2) is 0 Å². The fourth-order valence-electron chi connectivity index (χ4n) is 9.91. The second kappa shape index (κ2) is 13.7. The highest BCUT2D eigenvalue weighted by atomic mass is 79.9. The van der Waals surface area contributed by atoms with Crippen molar-refractivity contribution in [3.05, 3.63) is 217 Å². The molecule has 4 heteroatoms. The molecular formula is C58H35BrN2O. The van der Waals surface area contributed by atoms with Gasteiger partial charge in [0, 0.05) is 47.9 Å². The van der Waals surface area contributed by atoms with Gasteiger partial charge >= 0.3 is 0 Å². The van der Waals surface area contributed by atoms with Crippen molar-refractivity contribution in [2.75, 3.05) is 0 Å². The van der Waals surface area contributed by atoms with Crippen molar-refractivity contribution in [1.82, 2.24) is 9.13 Å². The van der Waals surface area contributed by atoms with Crippen LogP contribution in [0.1, 0.15) is 0 Å². The Morgan fingerprint density at radius 1 is 0.323 bits per heavy atom. The summed E-state index contributed by atoms with van der Waals surface area (Å²) in [6, 6.07) is 77.2. The van der Waals surface area contributed by atoms with Crippen LogP contribution in [0.25, 0.3) is 121 Å². The lowest BCUT2D eigenvalue weighted by atomic mass is 9.92. The minimum atomic E-state index is 0.893. The van der Waals surface area contributed by atoms with Gasteiger partial charge in [-0.1, -0.05) is 143 Å². The molecule has 0 fully saturated rings. The first-order chi connectivity index (χ1) is 30.6. The number of fused-ring (bicyclic) bond motifs is 10. The van der Waals surface area contributed by atoms with Crippen LogP contribution in [0.2, 0.25) is 0 Å². The molecule has 0 aliphatic rings. The van der Waals surface area contributed by atoms with E-state index in [0.717, 1.165) is 65.4 Å². The molecule has 290 valence electrons. The molecule has 62 heavy (non-hydrogen) atoms. The third-order valence-electron chi connectivity index (χ3n) is 12.8. The lowest BCUT2D eigenvalue weighted by Gasteiger charge is -2.14. The van der Waals surface area contributed by atoms with Gasteiger partial charge in [0.15, 0.2) is 0 Å². The zero-order chi connectivity index (χ0) is 40.9. The molecule has 3 heterocycles. The molecule has 0 atom stereocenters. The van der Waals surface area contributed by atoms with Crippen molar-refractivity contribution >= 4 is 92.3 Å². The van der Waals surface area contributed by atoms with Crippen LogP contribution in [0.15, 0.2) is 221 Å². The maximum absolute atomic E-state index is 6.25. The predicted octanol–water partition coefficient (Wildman–Crippen LogP) is 16.7. The predicted molar refractivity (Wildman–Crippen MR) is 264 cm³/mol. The van der Waals surface area contributed by atoms with E-state index < -0.39 is 0 Å². The third-order valence-corrected chi connectivity index (χ3v) is 13.4. The summed E-state index contributed by atoms with van der Waals surface area (Å²) in [7, 11) is 0. The summed E-state index contributed by atoms with van der Waals surface area (Å²) < 4.78 is 12.2. The van der Waals surface area contributed by atoms with Crippen molar-refractivity contribution in [3.63, 3.8) is 0 Å². The van der Waals surface area contributed by atoms with E-state index in [-0.39, 0.29) is 0 Å². The van der Waals surface area contributed by atoms with Crippen molar-refractivity contribution in [3.8, 4) is 44.8 Å². The summed E-state index contributed by atoms with van der Waals surface area (Å²) in [6.07, 6.45) is 0. The van der Waals surface area contributed by atoms with E-state index in [1.165, 1.54) is 60.1 Å². The molecule has 0 radical (unpaired) electrons. The van der Waals surface area contributed by atoms with Crippen molar-refractivity contribution in [1.29, 1.82) is 0 Å². The Morgan fingerprint density at radius 3 is 1.76 bits per heavy atom. The molecule has 3 aromatic heterocycles. The average molecular weight is 856 g/mol. The highest BCUT2D eigenvalue weighted by Crippen LogP contribution is 2.42. The van der Waals surface area contributed by atoms with E-state index in [9.17, 15) is 0 Å². The van der Waals surface area contributed by atoms with Crippen LogP contribution in [0.4, 0.5) is 0 Å². The van der Waals surface area contributed by atoms with Crippen LogP contribution in [0.5, 0.6) is 0 Å². The van der Waals surface area contributed by atoms with E-state index in [1.54, 1.807) is 0 Å². The summed E-state index contributed by atoms with van der Waals surface area (Å²) in [6.45, 7) is 0. The lowest BCUT2D eigenvalue weighted by molar-refractivity contribution is 0.669. The summed E-state index contributed by atoms with van der Waals surface area (Å²) in [4.78, 5) is 0. The first-order valence-electron chi connectivity index (χ1n) is 21.0. The molecule has 0 amide bonds. The van der Waals surface area contributed by atoms with Gasteiger partial charge in [0.1, 0.15) is 11.2 Å². The number of nitrogens with zero attached hydrogens (tertiary/aromatic N) is 2. The van der Waals surface area contributed by atoms with Crippen LogP contribution in [-0.4, -0.2) is 9.13 Å². The molecule has 0 spiro atoms. The molecule has 3 nitrogen and oxygen atoms in total. The lowest BCUT2D eigenvalue weighted by Crippen LogP contribution is -1.95. The summed E-state index contributed by atoms with van der Waals surface area (Å²) in [5.74, 6) is 0. The van der Waals surface area contributed by atoms with Gasteiger partial charge in [0.25, 0.3) is 0 Å². The van der Waals surface area contributed by atoms with Gasteiger partial charge < -0.3 is 13.6 Å². The molecule has 13 rings (SSSR count). The number of rotatable bonds is 5. The van der Waals surface area contributed by atoms with Gasteiger partial charge in [-0.15, -0.1) is 0 Å². The quantitative estimate of drug-likeness (QED) is 0.169. The molecule has 0 unspecified atom stereocenters. The minimum Gasteiger partial charge on any atom is -0.456 e. The SMILES string of the molecule is Brc1ccccc1-c1cc(-c2ccc3c(c2)c2ccccc2n3-c2cccc3ccccc23)cc(-c2ccc3c4ccccc4n(-c4ccc5oc6ccccc6c5c4)c3c2)c1. The Balaban J connectivity index is 1.02. The van der Waals surface area contributed by atoms with Gasteiger partial charge in [0.05, 0.1) is 27.8 Å². The van der Waals surface area contributed by atoms with E-state index in [0.29, 0.717) is 0 Å². The fourth-order valence-corrected chi connectivity index (χ4v) is 10.4. The molecule has 0 aliphatic carbocycles. The van der Waals surface area contributed by atoms with Gasteiger partial charge in [0.2, 0.25) is 0 Å². The molecule has 0 saturated heterocycles. The standard InChI is InChI=1S/C58H35BrN2O/c59-51-19-7-3-14-43(51)41-31-39(37-25-28-55-49(33-37)46-17-5-9-21-54(46)61(55)52-22-11-13-36-12-1-2-15-44(36)52)30-40(32-41)38-24-27-47-45-16-4-8-20-53(45)60(56(47)34-38)42-26-29-58-50(35-42)48-18-6-10-23-57(48)62-58/h1-35H. The average Bonchev–Trinajstić information content (AvgIpc) is 3.98. The number of para-hydroxylation sites is 3. The molecular weight excluding hydrogens is 821 g/mol. The van der Waals surface area contributed by atoms with Gasteiger partial charge in [-0.2, -0.15) is 0 Å². The van der Waals surface area contributed by atoms with Crippen molar-refractivity contribution in [2.24, 2.45) is 0 Å². The molecule has 10 aromatic carbocycles. The smallest absolute Gasteiger partial charge is 0.135 e. The van der Waals surface area contributed by atoms with Crippen LogP contribution in [0.3, 0.4) is 0 Å². The van der Waals surface area contributed by atoms with E-state index in [4.69, 9.17) is 4.42 Å². The number of hydrogen-bond acceptors (Lipinski definition) is 1. The highest BCUT2D eigenvalue weighted by Gasteiger charge is 2.19. The maximum atomic E-state index is 6.25. The topological polar surface area (TPSA) is 23.0 Å². The van der Waals surface area contributed by atoms with Crippen molar-refractivity contribution in [2.45, 2.75) is 0 Å². The van der Waals surface area contributed by atoms with Crippen LogP contribution in [0, 0.1) is 0 Å². The Labute approximate surface area is 365 Å². The van der Waals surface area contributed by atoms with Crippen molar-refractivity contribution < 1.29 is 4.42 Å². The van der Waals surface area contributed by atoms with E-state index in [2.05, 4.69) is 225 Å². The largest absolute Gasteiger partial charge is 0.456 e. The van der Waals surface area contributed by atoms with Crippen LogP contribution >= 0.6 is 15.9 Å². The fraction of sp³-hybridized carbons (Fsp3) is 0. The van der Waals surface area contributed by atoms with Crippen LogP contribution in [-0.2, 0) is 0 Å². The monoisotopic (exact) mass is 854 g/mol. The van der Waals surface area contributed by atoms with E-state index in [1.807, 2.05) is 12.1 Å². The molecule has 13 aromatic rings. The second-order valence-electron chi connectivity index (χ2n) is 16.2. The second-order valence-corrected chi connectivity index (χ2v) is 17.1. The van der Waals surface area contributed by atoms with E-state index >= 15 is 0 Å². The zero-order valence-electron chi connectivity index (χ0n) is 33.4. The Hall–Kier alpha value is -7.66. The number of halogens is 1. The highest BCUT2D eigenvalue weighted by molar-refractivity contribution is 9.10. The zero-order valence-corrected chi connectivity index (χ0v) is 35.0. The van der Waals surface area contributed by atoms with Gasteiger partial charge in [-0.3, -0.25) is 0 Å². The number of aromatic nitrogens is 2. The first kappa shape index (κ1) is 35.1. The minimum absolute atomic E-state index is 0.893. The summed E-state index contributed by atoms with van der Waals surface area (Å²) >= 11 is 3.90. The Bertz CT molecular complexity index is 3950. The summed E-state index contributed by atoms with van der Waals surface area (Å²) in [5, 5.41) is 9.61. The first-order valence-corrected chi connectivity index (χ1v) is 21.8. The molecule has 0 bridgehead atoms. The third kappa shape index (κ3) is 5.37. The number of hydrogen-bond donors (Lipinski definition) is 0. The summed E-state index contributed by atoms with van der Waals surface area (Å²) in [5.41, 5.74) is 15.7. The molecule has 0 N–H and O–H groups in total. The Morgan fingerprint density at radius 2 is 0.919 bits per heavy atom. The Kier molecular flexibility index (Phi) is 7.75.